The molecule has 0 spiro atoms. The quantitative estimate of drug-likeness (QED) is 0.400. The molecule has 0 aliphatic heterocycles. The Morgan fingerprint density at radius 2 is 1.11 bits per heavy atom. The van der Waals surface area contributed by atoms with Gasteiger partial charge >= 0.3 is 0 Å². The summed E-state index contributed by atoms with van der Waals surface area (Å²) in [5, 5.41) is 37.8. The highest BCUT2D eigenvalue weighted by Gasteiger charge is 2.14. The molecule has 10 heteroatoms. The van der Waals surface area contributed by atoms with Gasteiger partial charge in [-0.3, -0.25) is 9.59 Å². The predicted octanol–water partition coefficient (Wildman–Crippen LogP) is 1.68. The number of hydrogen-bond acceptors (Lipinski definition) is 10. The molecule has 0 aromatic carbocycles. The van der Waals surface area contributed by atoms with Crippen LogP contribution in [0.15, 0.2) is 43.1 Å². The Bertz CT molecular complexity index is 1290. The molecular weight excluding hydrogens is 372 g/mol. The summed E-state index contributed by atoms with van der Waals surface area (Å²) in [6.07, 6.45) is 4.67. The van der Waals surface area contributed by atoms with E-state index >= 15 is 0 Å². The van der Waals surface area contributed by atoms with E-state index in [0.29, 0.717) is 0 Å². The topological polar surface area (TPSA) is 167 Å². The van der Waals surface area contributed by atoms with Crippen molar-refractivity contribution in [2.24, 2.45) is 0 Å². The van der Waals surface area contributed by atoms with Crippen molar-refractivity contribution >= 4 is 34.1 Å². The molecule has 4 heterocycles. The minimum atomic E-state index is -0.694. The average Bonchev–Trinajstić information content (AvgIpc) is 2.61. The Morgan fingerprint density at radius 1 is 0.714 bits per heavy atom. The summed E-state index contributed by atoms with van der Waals surface area (Å²) in [4.78, 5) is 31.8. The molecular formula is C18H10N2O8. The van der Waals surface area contributed by atoms with Crippen LogP contribution in [-0.4, -0.2) is 30.4 Å². The van der Waals surface area contributed by atoms with Gasteiger partial charge in [-0.05, 0) is 12.2 Å². The Labute approximate surface area is 153 Å². The van der Waals surface area contributed by atoms with Gasteiger partial charge in [0.25, 0.3) is 0 Å². The van der Waals surface area contributed by atoms with E-state index in [0.717, 1.165) is 24.7 Å². The highest BCUT2D eigenvalue weighted by atomic mass is 16.3. The standard InChI is InChI=1S/C18H10N2O8/c21-11-3-9-13(17(25)19-11)15(23)7(5-27-9)1-2-8-6-28-10-4-12(22)20-18(26)14(10)16(8)24/h1-6H,(H2,19,21,25)(H2,20,22,26)/b2-1+. The number of aromatic nitrogens is 2. The van der Waals surface area contributed by atoms with Crippen molar-refractivity contribution in [1.29, 1.82) is 0 Å². The van der Waals surface area contributed by atoms with E-state index in [9.17, 15) is 30.0 Å². The summed E-state index contributed by atoms with van der Waals surface area (Å²) in [7, 11) is 0. The summed E-state index contributed by atoms with van der Waals surface area (Å²) < 4.78 is 10.4. The van der Waals surface area contributed by atoms with Crippen LogP contribution in [0.1, 0.15) is 11.1 Å². The number of pyridine rings is 2. The first-order valence-electron chi connectivity index (χ1n) is 7.72. The summed E-state index contributed by atoms with van der Waals surface area (Å²) >= 11 is 0. The van der Waals surface area contributed by atoms with Crippen LogP contribution in [0.3, 0.4) is 0 Å². The predicted molar refractivity (Wildman–Crippen MR) is 96.1 cm³/mol. The Balaban J connectivity index is 1.84. The third-order valence-corrected chi connectivity index (χ3v) is 3.95. The van der Waals surface area contributed by atoms with E-state index in [1.54, 1.807) is 0 Å². The van der Waals surface area contributed by atoms with Crippen molar-refractivity contribution in [3.05, 3.63) is 56.2 Å². The van der Waals surface area contributed by atoms with Crippen LogP contribution in [-0.2, 0) is 0 Å². The minimum absolute atomic E-state index is 0.0113. The van der Waals surface area contributed by atoms with Crippen molar-refractivity contribution in [3.8, 4) is 23.5 Å². The van der Waals surface area contributed by atoms with Gasteiger partial charge in [-0.25, -0.2) is 0 Å². The number of aromatic hydroxyl groups is 4. The maximum Gasteiger partial charge on any atom is 0.229 e. The second-order valence-corrected chi connectivity index (χ2v) is 5.73. The fourth-order valence-electron chi connectivity index (χ4n) is 2.66. The Hall–Kier alpha value is -4.34. The number of hydrogen-bond donors (Lipinski definition) is 4. The molecule has 0 unspecified atom stereocenters. The lowest BCUT2D eigenvalue weighted by Gasteiger charge is -2.02. The molecule has 0 bridgehead atoms. The van der Waals surface area contributed by atoms with E-state index < -0.39 is 34.4 Å². The van der Waals surface area contributed by atoms with Crippen LogP contribution in [0.4, 0.5) is 0 Å². The largest absolute Gasteiger partial charge is 0.493 e. The molecule has 0 fully saturated rings. The van der Waals surface area contributed by atoms with Crippen LogP contribution < -0.4 is 10.9 Å². The van der Waals surface area contributed by atoms with Gasteiger partial charge in [0.1, 0.15) is 34.5 Å². The maximum absolute atomic E-state index is 12.5. The maximum atomic E-state index is 12.5. The lowest BCUT2D eigenvalue weighted by molar-refractivity contribution is 0.414. The van der Waals surface area contributed by atoms with E-state index in [-0.39, 0.29) is 33.1 Å². The van der Waals surface area contributed by atoms with Gasteiger partial charge < -0.3 is 29.3 Å². The minimum Gasteiger partial charge on any atom is -0.493 e. The van der Waals surface area contributed by atoms with Gasteiger partial charge in [0.05, 0.1) is 11.1 Å². The molecule has 0 saturated carbocycles. The number of fused-ring (bicyclic) bond motifs is 2. The Morgan fingerprint density at radius 3 is 1.50 bits per heavy atom. The zero-order valence-corrected chi connectivity index (χ0v) is 13.8. The molecule has 0 saturated heterocycles. The van der Waals surface area contributed by atoms with Crippen LogP contribution in [0.5, 0.6) is 23.5 Å². The average molecular weight is 382 g/mol. The molecule has 28 heavy (non-hydrogen) atoms. The van der Waals surface area contributed by atoms with Gasteiger partial charge in [0.15, 0.2) is 0 Å². The Kier molecular flexibility index (Phi) is 3.74. The van der Waals surface area contributed by atoms with Gasteiger partial charge in [-0.1, -0.05) is 0 Å². The molecule has 4 N–H and O–H groups in total. The molecule has 0 radical (unpaired) electrons. The SMILES string of the molecule is O=c1c(/C=C/c2coc3cc(O)nc(O)c3c2=O)coc2cc(O)nc(O)c12. The molecule has 0 aliphatic rings. The first kappa shape index (κ1) is 17.1. The lowest BCUT2D eigenvalue weighted by Crippen LogP contribution is -2.07. The lowest BCUT2D eigenvalue weighted by atomic mass is 10.1. The number of nitrogens with zero attached hydrogens (tertiary/aromatic N) is 2. The number of rotatable bonds is 2. The van der Waals surface area contributed by atoms with Crippen LogP contribution in [0, 0.1) is 0 Å². The molecule has 140 valence electrons. The first-order chi connectivity index (χ1) is 13.3. The summed E-state index contributed by atoms with van der Waals surface area (Å²) in [5.41, 5.74) is -1.42. The van der Waals surface area contributed by atoms with Crippen molar-refractivity contribution in [1.82, 2.24) is 9.97 Å². The van der Waals surface area contributed by atoms with Crippen molar-refractivity contribution < 1.29 is 29.3 Å². The highest BCUT2D eigenvalue weighted by Crippen LogP contribution is 2.25. The molecule has 4 rings (SSSR count). The smallest absolute Gasteiger partial charge is 0.229 e. The molecule has 4 aromatic rings. The van der Waals surface area contributed by atoms with Crippen LogP contribution in [0.2, 0.25) is 0 Å². The zero-order chi connectivity index (χ0) is 20.0. The van der Waals surface area contributed by atoms with Gasteiger partial charge in [0.2, 0.25) is 34.4 Å². The summed E-state index contributed by atoms with van der Waals surface area (Å²) in [6, 6.07) is 2.15. The summed E-state index contributed by atoms with van der Waals surface area (Å²) in [6.45, 7) is 0. The second-order valence-electron chi connectivity index (χ2n) is 5.73. The zero-order valence-electron chi connectivity index (χ0n) is 13.8. The van der Waals surface area contributed by atoms with E-state index in [1.807, 2.05) is 0 Å². The fourth-order valence-corrected chi connectivity index (χ4v) is 2.66. The normalized spacial score (nSPS) is 11.6. The van der Waals surface area contributed by atoms with Gasteiger partial charge in [-0.2, -0.15) is 9.97 Å². The second kappa shape index (κ2) is 6.13. The third kappa shape index (κ3) is 2.69. The molecule has 0 amide bonds. The van der Waals surface area contributed by atoms with E-state index in [2.05, 4.69) is 9.97 Å². The van der Waals surface area contributed by atoms with E-state index in [4.69, 9.17) is 8.83 Å². The van der Waals surface area contributed by atoms with Crippen molar-refractivity contribution in [3.63, 3.8) is 0 Å². The highest BCUT2D eigenvalue weighted by molar-refractivity contribution is 5.87. The first-order valence-corrected chi connectivity index (χ1v) is 7.72. The third-order valence-electron chi connectivity index (χ3n) is 3.95. The van der Waals surface area contributed by atoms with Gasteiger partial charge in [0, 0.05) is 12.1 Å². The van der Waals surface area contributed by atoms with E-state index in [1.165, 1.54) is 12.2 Å². The monoisotopic (exact) mass is 382 g/mol. The molecule has 0 aliphatic carbocycles. The summed E-state index contributed by atoms with van der Waals surface area (Å²) in [5.74, 6) is -2.41. The molecule has 0 atom stereocenters. The van der Waals surface area contributed by atoms with Crippen LogP contribution >= 0.6 is 0 Å². The van der Waals surface area contributed by atoms with Crippen molar-refractivity contribution in [2.45, 2.75) is 0 Å². The molecule has 10 nitrogen and oxygen atoms in total. The fraction of sp³-hybridized carbons (Fsp3) is 0. The van der Waals surface area contributed by atoms with Gasteiger partial charge in [-0.15, -0.1) is 0 Å². The van der Waals surface area contributed by atoms with Crippen LogP contribution in [0.25, 0.3) is 34.1 Å². The van der Waals surface area contributed by atoms with Crippen molar-refractivity contribution in [2.75, 3.05) is 0 Å². The molecule has 4 aromatic heterocycles.